The van der Waals surface area contributed by atoms with Gasteiger partial charge in [0.1, 0.15) is 10.6 Å². The highest BCUT2D eigenvalue weighted by Crippen LogP contribution is 2.18. The zero-order chi connectivity index (χ0) is 17.0. The van der Waals surface area contributed by atoms with Gasteiger partial charge in [0.25, 0.3) is 0 Å². The van der Waals surface area contributed by atoms with E-state index >= 15 is 0 Å². The van der Waals surface area contributed by atoms with E-state index in [4.69, 9.17) is 4.52 Å². The van der Waals surface area contributed by atoms with Crippen LogP contribution in [0, 0.1) is 13.8 Å². The van der Waals surface area contributed by atoms with E-state index in [9.17, 15) is 13.2 Å². The van der Waals surface area contributed by atoms with Gasteiger partial charge in [0.05, 0.1) is 6.54 Å². The van der Waals surface area contributed by atoms with Crippen molar-refractivity contribution in [1.82, 2.24) is 9.88 Å². The Labute approximate surface area is 135 Å². The normalized spacial score (nSPS) is 11.4. The standard InChI is InChI=1S/C15H19N3O4S/c1-4-12-7-5-6-8-13(12)17-14(19)9-16-23(20,21)15-10(2)18-22-11(15)3/h5-8,16H,4,9H2,1-3H3,(H,17,19). The number of hydrogen-bond acceptors (Lipinski definition) is 5. The average molecular weight is 337 g/mol. The largest absolute Gasteiger partial charge is 0.360 e. The topological polar surface area (TPSA) is 101 Å². The summed E-state index contributed by atoms with van der Waals surface area (Å²) in [5, 5.41) is 6.31. The lowest BCUT2D eigenvalue weighted by Crippen LogP contribution is -2.33. The van der Waals surface area contributed by atoms with Crippen LogP contribution >= 0.6 is 0 Å². The summed E-state index contributed by atoms with van der Waals surface area (Å²) in [6.07, 6.45) is 0.765. The van der Waals surface area contributed by atoms with Gasteiger partial charge in [-0.1, -0.05) is 30.3 Å². The highest BCUT2D eigenvalue weighted by Gasteiger charge is 2.24. The molecule has 23 heavy (non-hydrogen) atoms. The minimum atomic E-state index is -3.85. The first kappa shape index (κ1) is 17.2. The number of amides is 1. The first-order valence-electron chi connectivity index (χ1n) is 7.15. The molecule has 0 saturated carbocycles. The van der Waals surface area contributed by atoms with Crippen LogP contribution in [0.2, 0.25) is 0 Å². The number of nitrogens with one attached hydrogen (secondary N) is 2. The second kappa shape index (κ2) is 6.93. The van der Waals surface area contributed by atoms with Gasteiger partial charge in [-0.15, -0.1) is 0 Å². The molecule has 2 aromatic rings. The number of anilines is 1. The highest BCUT2D eigenvalue weighted by atomic mass is 32.2. The fraction of sp³-hybridized carbons (Fsp3) is 0.333. The van der Waals surface area contributed by atoms with Gasteiger partial charge in [0.2, 0.25) is 15.9 Å². The van der Waals surface area contributed by atoms with Crippen molar-refractivity contribution in [2.75, 3.05) is 11.9 Å². The van der Waals surface area contributed by atoms with Crippen LogP contribution in [0.25, 0.3) is 0 Å². The van der Waals surface area contributed by atoms with Crippen molar-refractivity contribution < 1.29 is 17.7 Å². The van der Waals surface area contributed by atoms with Crippen molar-refractivity contribution in [3.8, 4) is 0 Å². The lowest BCUT2D eigenvalue weighted by Gasteiger charge is -2.10. The Kier molecular flexibility index (Phi) is 5.17. The second-order valence-electron chi connectivity index (χ2n) is 5.04. The van der Waals surface area contributed by atoms with Gasteiger partial charge in [-0.2, -0.15) is 0 Å². The van der Waals surface area contributed by atoms with Crippen LogP contribution in [0.4, 0.5) is 5.69 Å². The molecule has 0 atom stereocenters. The van der Waals surface area contributed by atoms with Crippen molar-refractivity contribution in [3.63, 3.8) is 0 Å². The molecule has 7 nitrogen and oxygen atoms in total. The van der Waals surface area contributed by atoms with Crippen molar-refractivity contribution >= 4 is 21.6 Å². The van der Waals surface area contributed by atoms with Crippen LogP contribution < -0.4 is 10.0 Å². The number of aryl methyl sites for hydroxylation is 3. The predicted molar refractivity (Wildman–Crippen MR) is 85.6 cm³/mol. The molecule has 0 aliphatic carbocycles. The summed E-state index contributed by atoms with van der Waals surface area (Å²) in [6, 6.07) is 7.38. The Balaban J connectivity index is 2.04. The number of aromatic nitrogens is 1. The molecule has 0 fully saturated rings. The van der Waals surface area contributed by atoms with E-state index in [0.29, 0.717) is 5.69 Å². The van der Waals surface area contributed by atoms with Crippen LogP contribution in [0.1, 0.15) is 23.9 Å². The molecule has 0 aliphatic heterocycles. The number of rotatable bonds is 6. The molecule has 0 aliphatic rings. The molecular formula is C15H19N3O4S. The van der Waals surface area contributed by atoms with Crippen LogP contribution in [-0.4, -0.2) is 26.0 Å². The van der Waals surface area contributed by atoms with Crippen molar-refractivity contribution in [3.05, 3.63) is 41.3 Å². The summed E-state index contributed by atoms with van der Waals surface area (Å²) in [5.74, 6) is -0.257. The minimum Gasteiger partial charge on any atom is -0.360 e. The van der Waals surface area contributed by atoms with Crippen LogP contribution in [-0.2, 0) is 21.2 Å². The van der Waals surface area contributed by atoms with E-state index in [0.717, 1.165) is 12.0 Å². The van der Waals surface area contributed by atoms with Gasteiger partial charge in [0, 0.05) is 5.69 Å². The number of sulfonamides is 1. The molecule has 124 valence electrons. The average Bonchev–Trinajstić information content (AvgIpc) is 2.85. The second-order valence-corrected chi connectivity index (χ2v) is 6.74. The lowest BCUT2D eigenvalue weighted by molar-refractivity contribution is -0.115. The molecule has 0 spiro atoms. The Morgan fingerprint density at radius 1 is 1.26 bits per heavy atom. The summed E-state index contributed by atoms with van der Waals surface area (Å²) < 4.78 is 31.6. The van der Waals surface area contributed by atoms with E-state index in [1.165, 1.54) is 13.8 Å². The Bertz CT molecular complexity index is 792. The third-order valence-electron chi connectivity index (χ3n) is 3.33. The van der Waals surface area contributed by atoms with Crippen LogP contribution in [0.15, 0.2) is 33.7 Å². The summed E-state index contributed by atoms with van der Waals surface area (Å²) >= 11 is 0. The third kappa shape index (κ3) is 3.96. The summed E-state index contributed by atoms with van der Waals surface area (Å²) in [5.41, 5.74) is 1.91. The smallest absolute Gasteiger partial charge is 0.246 e. The van der Waals surface area contributed by atoms with Gasteiger partial charge in [-0.05, 0) is 31.9 Å². The fourth-order valence-corrected chi connectivity index (χ4v) is 3.54. The van der Waals surface area contributed by atoms with E-state index in [2.05, 4.69) is 15.2 Å². The third-order valence-corrected chi connectivity index (χ3v) is 4.98. The number of para-hydroxylation sites is 1. The van der Waals surface area contributed by atoms with Crippen LogP contribution in [0.5, 0.6) is 0 Å². The van der Waals surface area contributed by atoms with E-state index in [1.54, 1.807) is 6.07 Å². The minimum absolute atomic E-state index is 0.0285. The van der Waals surface area contributed by atoms with E-state index < -0.39 is 15.9 Å². The molecule has 1 amide bonds. The van der Waals surface area contributed by atoms with Gasteiger partial charge < -0.3 is 9.84 Å². The molecule has 2 N–H and O–H groups in total. The number of benzene rings is 1. The first-order chi connectivity index (χ1) is 10.8. The highest BCUT2D eigenvalue weighted by molar-refractivity contribution is 7.89. The van der Waals surface area contributed by atoms with Gasteiger partial charge in [0.15, 0.2) is 5.76 Å². The molecule has 8 heteroatoms. The number of hydrogen-bond donors (Lipinski definition) is 2. The molecule has 0 bridgehead atoms. The van der Waals surface area contributed by atoms with Gasteiger partial charge >= 0.3 is 0 Å². The number of carbonyl (C=O) groups is 1. The van der Waals surface area contributed by atoms with Crippen molar-refractivity contribution in [1.29, 1.82) is 0 Å². The molecule has 1 heterocycles. The zero-order valence-corrected chi connectivity index (χ0v) is 14.0. The predicted octanol–water partition coefficient (Wildman–Crippen LogP) is 1.77. The van der Waals surface area contributed by atoms with Crippen LogP contribution in [0.3, 0.4) is 0 Å². The Morgan fingerprint density at radius 2 is 1.96 bits per heavy atom. The zero-order valence-electron chi connectivity index (χ0n) is 13.2. The lowest BCUT2D eigenvalue weighted by atomic mass is 10.1. The van der Waals surface area contributed by atoms with Gasteiger partial charge in [-0.3, -0.25) is 4.79 Å². The Morgan fingerprint density at radius 3 is 2.57 bits per heavy atom. The summed E-state index contributed by atoms with van der Waals surface area (Å²) in [6.45, 7) is 4.64. The molecule has 2 rings (SSSR count). The van der Waals surface area contributed by atoms with Gasteiger partial charge in [-0.25, -0.2) is 13.1 Å². The molecule has 0 saturated heterocycles. The molecule has 1 aromatic heterocycles. The maximum Gasteiger partial charge on any atom is 0.246 e. The quantitative estimate of drug-likeness (QED) is 0.836. The number of nitrogens with zero attached hydrogens (tertiary/aromatic N) is 1. The molecule has 0 unspecified atom stereocenters. The molecule has 1 aromatic carbocycles. The SMILES string of the molecule is CCc1ccccc1NC(=O)CNS(=O)(=O)c1c(C)noc1C. The summed E-state index contributed by atoms with van der Waals surface area (Å²) in [4.78, 5) is 12.0. The molecule has 0 radical (unpaired) electrons. The number of carbonyl (C=O) groups excluding carboxylic acids is 1. The maximum absolute atomic E-state index is 12.2. The monoisotopic (exact) mass is 337 g/mol. The van der Waals surface area contributed by atoms with E-state index in [-0.39, 0.29) is 22.9 Å². The summed E-state index contributed by atoms with van der Waals surface area (Å²) in [7, 11) is -3.85. The molecular weight excluding hydrogens is 318 g/mol. The Hall–Kier alpha value is -2.19. The fourth-order valence-electron chi connectivity index (χ4n) is 2.24. The van der Waals surface area contributed by atoms with Crippen molar-refractivity contribution in [2.45, 2.75) is 32.1 Å². The maximum atomic E-state index is 12.2. The first-order valence-corrected chi connectivity index (χ1v) is 8.63. The van der Waals surface area contributed by atoms with E-state index in [1.807, 2.05) is 25.1 Å². The van der Waals surface area contributed by atoms with Crippen molar-refractivity contribution in [2.24, 2.45) is 0 Å².